The minimum absolute atomic E-state index is 0.132. The van der Waals surface area contributed by atoms with Gasteiger partial charge < -0.3 is 0 Å². The first kappa shape index (κ1) is 11.6. The van der Waals surface area contributed by atoms with Gasteiger partial charge in [-0.05, 0) is 12.8 Å². The highest BCUT2D eigenvalue weighted by Gasteiger charge is 2.00. The number of unbranched alkanes of at least 4 members (excludes halogenated alkanes) is 1. The highest BCUT2D eigenvalue weighted by Crippen LogP contribution is 1.96. The molecule has 0 heterocycles. The first-order valence-corrected chi connectivity index (χ1v) is 4.88. The van der Waals surface area contributed by atoms with Crippen LogP contribution in [0.2, 0.25) is 0 Å². The van der Waals surface area contributed by atoms with E-state index >= 15 is 0 Å². The molecule has 12 heavy (non-hydrogen) atoms. The number of alkyl halides is 1. The number of carbonyl (C=O) groups excluding carboxylic acids is 1. The second-order valence-electron chi connectivity index (χ2n) is 2.25. The summed E-state index contributed by atoms with van der Waals surface area (Å²) in [4.78, 5) is 15.7. The van der Waals surface area contributed by atoms with Gasteiger partial charge in [-0.15, -0.1) is 0 Å². The minimum atomic E-state index is -0.132. The molecule has 0 N–H and O–H groups in total. The third kappa shape index (κ3) is 5.32. The number of hydroxylamine groups is 2. The Morgan fingerprint density at radius 2 is 2.33 bits per heavy atom. The van der Waals surface area contributed by atoms with Crippen molar-refractivity contribution in [2.75, 3.05) is 19.5 Å². The van der Waals surface area contributed by atoms with Crippen molar-refractivity contribution in [1.29, 1.82) is 0 Å². The molecule has 0 radical (unpaired) electrons. The van der Waals surface area contributed by atoms with E-state index in [2.05, 4.69) is 15.9 Å². The molecule has 0 aromatic carbocycles. The van der Waals surface area contributed by atoms with Gasteiger partial charge >= 0.3 is 0 Å². The number of hydrogen-bond acceptors (Lipinski definition) is 2. The molecule has 0 rings (SSSR count). The number of rotatable bonds is 5. The molecular formula is C8H14BrNO2. The zero-order valence-corrected chi connectivity index (χ0v) is 9.00. The Hall–Kier alpha value is -0.350. The van der Waals surface area contributed by atoms with Crippen molar-refractivity contribution in [3.05, 3.63) is 12.2 Å². The molecule has 0 aromatic heterocycles. The SMILES string of the molecule is CON(C)C(=O)/C=C/CCCBr. The van der Waals surface area contributed by atoms with Crippen LogP contribution < -0.4 is 0 Å². The molecule has 1 amide bonds. The number of nitrogens with zero attached hydrogens (tertiary/aromatic N) is 1. The number of halogens is 1. The van der Waals surface area contributed by atoms with Crippen LogP contribution in [0.1, 0.15) is 12.8 Å². The summed E-state index contributed by atoms with van der Waals surface area (Å²) in [5.74, 6) is -0.132. The maximum Gasteiger partial charge on any atom is 0.269 e. The first-order valence-electron chi connectivity index (χ1n) is 3.76. The van der Waals surface area contributed by atoms with Crippen molar-refractivity contribution in [1.82, 2.24) is 5.06 Å². The van der Waals surface area contributed by atoms with Crippen LogP contribution >= 0.6 is 15.9 Å². The van der Waals surface area contributed by atoms with Gasteiger partial charge in [-0.25, -0.2) is 5.06 Å². The van der Waals surface area contributed by atoms with Crippen LogP contribution in [0.25, 0.3) is 0 Å². The Labute approximate surface area is 81.5 Å². The molecule has 0 saturated carbocycles. The summed E-state index contributed by atoms with van der Waals surface area (Å²) in [6.07, 6.45) is 5.32. The van der Waals surface area contributed by atoms with Crippen molar-refractivity contribution < 1.29 is 9.63 Å². The average Bonchev–Trinajstić information content (AvgIpc) is 2.10. The van der Waals surface area contributed by atoms with E-state index in [0.29, 0.717) is 0 Å². The molecule has 0 unspecified atom stereocenters. The van der Waals surface area contributed by atoms with Gasteiger partial charge in [-0.2, -0.15) is 0 Å². The van der Waals surface area contributed by atoms with E-state index in [-0.39, 0.29) is 5.91 Å². The van der Waals surface area contributed by atoms with E-state index in [0.717, 1.165) is 18.2 Å². The Morgan fingerprint density at radius 1 is 1.67 bits per heavy atom. The lowest BCUT2D eigenvalue weighted by molar-refractivity contribution is -0.162. The largest absolute Gasteiger partial charge is 0.274 e. The van der Waals surface area contributed by atoms with Gasteiger partial charge in [0.1, 0.15) is 0 Å². The third-order valence-electron chi connectivity index (χ3n) is 1.35. The summed E-state index contributed by atoms with van der Waals surface area (Å²) < 4.78 is 0. The van der Waals surface area contributed by atoms with E-state index in [1.807, 2.05) is 6.08 Å². The van der Waals surface area contributed by atoms with Crippen molar-refractivity contribution in [3.63, 3.8) is 0 Å². The van der Waals surface area contributed by atoms with Crippen LogP contribution in [0, 0.1) is 0 Å². The van der Waals surface area contributed by atoms with Crippen LogP contribution in [0.5, 0.6) is 0 Å². The van der Waals surface area contributed by atoms with Gasteiger partial charge in [0, 0.05) is 18.5 Å². The molecule has 0 aliphatic carbocycles. The van der Waals surface area contributed by atoms with E-state index < -0.39 is 0 Å². The molecule has 0 atom stereocenters. The second-order valence-corrected chi connectivity index (χ2v) is 3.04. The van der Waals surface area contributed by atoms with E-state index in [4.69, 9.17) is 4.84 Å². The fourth-order valence-corrected chi connectivity index (χ4v) is 0.898. The summed E-state index contributed by atoms with van der Waals surface area (Å²) in [7, 11) is 3.04. The Kier molecular flexibility index (Phi) is 7.09. The Bertz CT molecular complexity index is 159. The molecule has 0 aromatic rings. The molecule has 0 bridgehead atoms. The van der Waals surface area contributed by atoms with Gasteiger partial charge in [0.25, 0.3) is 5.91 Å². The van der Waals surface area contributed by atoms with Crippen molar-refractivity contribution in [2.45, 2.75) is 12.8 Å². The lowest BCUT2D eigenvalue weighted by Crippen LogP contribution is -2.22. The average molecular weight is 236 g/mol. The van der Waals surface area contributed by atoms with Crippen molar-refractivity contribution in [3.8, 4) is 0 Å². The first-order chi connectivity index (χ1) is 5.72. The smallest absolute Gasteiger partial charge is 0.269 e. The van der Waals surface area contributed by atoms with Crippen LogP contribution in [-0.4, -0.2) is 30.5 Å². The quantitative estimate of drug-likeness (QED) is 0.315. The lowest BCUT2D eigenvalue weighted by atomic mass is 10.3. The zero-order chi connectivity index (χ0) is 9.40. The summed E-state index contributed by atoms with van der Waals surface area (Å²) in [5, 5.41) is 2.15. The fraction of sp³-hybridized carbons (Fsp3) is 0.625. The topological polar surface area (TPSA) is 29.5 Å². The molecule has 0 saturated heterocycles. The van der Waals surface area contributed by atoms with Crippen LogP contribution in [0.4, 0.5) is 0 Å². The number of carbonyl (C=O) groups is 1. The van der Waals surface area contributed by atoms with Gasteiger partial charge in [0.15, 0.2) is 0 Å². The number of likely N-dealkylation sites (N-methyl/N-ethyl adjacent to an activating group) is 1. The molecule has 0 aliphatic heterocycles. The number of allylic oxidation sites excluding steroid dienone is 1. The summed E-state index contributed by atoms with van der Waals surface area (Å²) >= 11 is 3.31. The highest BCUT2D eigenvalue weighted by atomic mass is 79.9. The molecule has 3 nitrogen and oxygen atoms in total. The van der Waals surface area contributed by atoms with Crippen LogP contribution in [-0.2, 0) is 9.63 Å². The molecular weight excluding hydrogens is 222 g/mol. The summed E-state index contributed by atoms with van der Waals surface area (Å²) in [5.41, 5.74) is 0. The van der Waals surface area contributed by atoms with E-state index in [1.165, 1.54) is 18.2 Å². The second kappa shape index (κ2) is 7.31. The minimum Gasteiger partial charge on any atom is -0.274 e. The van der Waals surface area contributed by atoms with Crippen LogP contribution in [0.3, 0.4) is 0 Å². The monoisotopic (exact) mass is 235 g/mol. The predicted molar refractivity (Wildman–Crippen MR) is 51.9 cm³/mol. The van der Waals surface area contributed by atoms with Crippen molar-refractivity contribution in [2.24, 2.45) is 0 Å². The van der Waals surface area contributed by atoms with Gasteiger partial charge in [0.05, 0.1) is 7.11 Å². The fourth-order valence-electron chi connectivity index (χ4n) is 0.574. The van der Waals surface area contributed by atoms with Crippen molar-refractivity contribution >= 4 is 21.8 Å². The maximum absolute atomic E-state index is 11.0. The standard InChI is InChI=1S/C8H14BrNO2/c1-10(12-2)8(11)6-4-3-5-7-9/h4,6H,3,5,7H2,1-2H3/b6-4+. The molecule has 70 valence electrons. The highest BCUT2D eigenvalue weighted by molar-refractivity contribution is 9.09. The number of hydrogen-bond donors (Lipinski definition) is 0. The van der Waals surface area contributed by atoms with E-state index in [1.54, 1.807) is 7.05 Å². The molecule has 0 spiro atoms. The molecule has 4 heteroatoms. The normalized spacial score (nSPS) is 10.6. The maximum atomic E-state index is 11.0. The van der Waals surface area contributed by atoms with Gasteiger partial charge in [0.2, 0.25) is 0 Å². The zero-order valence-electron chi connectivity index (χ0n) is 7.42. The van der Waals surface area contributed by atoms with E-state index in [9.17, 15) is 4.79 Å². The third-order valence-corrected chi connectivity index (χ3v) is 1.91. The van der Waals surface area contributed by atoms with Crippen LogP contribution in [0.15, 0.2) is 12.2 Å². The van der Waals surface area contributed by atoms with Gasteiger partial charge in [-0.1, -0.05) is 22.0 Å². The molecule has 0 aliphatic rings. The Balaban J connectivity index is 3.60. The van der Waals surface area contributed by atoms with Gasteiger partial charge in [-0.3, -0.25) is 9.63 Å². The summed E-state index contributed by atoms with van der Waals surface area (Å²) in [6, 6.07) is 0. The molecule has 0 fully saturated rings. The predicted octanol–water partition coefficient (Wildman–Crippen LogP) is 1.74. The summed E-state index contributed by atoms with van der Waals surface area (Å²) in [6.45, 7) is 0. The lowest BCUT2D eigenvalue weighted by Gasteiger charge is -2.09. The Morgan fingerprint density at radius 3 is 2.83 bits per heavy atom. The number of amides is 1.